The first kappa shape index (κ1) is 7.94. The fourth-order valence-corrected chi connectivity index (χ4v) is 0.989. The molecule has 0 aliphatic carbocycles. The van der Waals surface area contributed by atoms with Gasteiger partial charge in [-0.05, 0) is 13.3 Å². The van der Waals surface area contributed by atoms with Crippen LogP contribution >= 0.6 is 0 Å². The van der Waals surface area contributed by atoms with E-state index in [4.69, 9.17) is 5.84 Å². The number of hydrogen-bond acceptors (Lipinski definition) is 4. The van der Waals surface area contributed by atoms with Gasteiger partial charge in [-0.15, -0.1) is 0 Å². The molecule has 0 saturated heterocycles. The van der Waals surface area contributed by atoms with E-state index in [9.17, 15) is 0 Å². The molecule has 1 rings (SSSR count). The van der Waals surface area contributed by atoms with Crippen molar-refractivity contribution in [2.75, 3.05) is 5.43 Å². The van der Waals surface area contributed by atoms with Crippen LogP contribution in [0.4, 0.5) is 5.82 Å². The zero-order valence-corrected chi connectivity index (χ0v) is 6.76. The maximum atomic E-state index is 5.23. The Labute approximate surface area is 65.8 Å². The molecular weight excluding hydrogens is 140 g/mol. The lowest BCUT2D eigenvalue weighted by atomic mass is 10.2. The Morgan fingerprint density at radius 2 is 2.27 bits per heavy atom. The second-order valence-electron chi connectivity index (χ2n) is 2.29. The SMILES string of the molecule is CCc1ncnc(NN)c1C. The molecule has 4 nitrogen and oxygen atoms in total. The zero-order chi connectivity index (χ0) is 8.27. The number of nitrogens with one attached hydrogen (secondary N) is 1. The summed E-state index contributed by atoms with van der Waals surface area (Å²) < 4.78 is 0. The van der Waals surface area contributed by atoms with Crippen LogP contribution in [0.25, 0.3) is 0 Å². The van der Waals surface area contributed by atoms with Crippen LogP contribution in [0.15, 0.2) is 6.33 Å². The summed E-state index contributed by atoms with van der Waals surface area (Å²) in [5.41, 5.74) is 4.58. The predicted molar refractivity (Wildman–Crippen MR) is 44.0 cm³/mol. The maximum Gasteiger partial charge on any atom is 0.146 e. The van der Waals surface area contributed by atoms with Crippen molar-refractivity contribution in [1.82, 2.24) is 9.97 Å². The second-order valence-corrected chi connectivity index (χ2v) is 2.29. The van der Waals surface area contributed by atoms with E-state index in [1.165, 1.54) is 6.33 Å². The van der Waals surface area contributed by atoms with E-state index in [1.807, 2.05) is 6.92 Å². The van der Waals surface area contributed by atoms with E-state index < -0.39 is 0 Å². The van der Waals surface area contributed by atoms with Crippen LogP contribution in [0.1, 0.15) is 18.2 Å². The van der Waals surface area contributed by atoms with Crippen molar-refractivity contribution < 1.29 is 0 Å². The molecule has 0 amide bonds. The number of anilines is 1. The summed E-state index contributed by atoms with van der Waals surface area (Å²) in [6.45, 7) is 4.00. The molecule has 0 bridgehead atoms. The quantitative estimate of drug-likeness (QED) is 0.482. The molecule has 1 aromatic heterocycles. The molecule has 0 radical (unpaired) electrons. The number of hydrazine groups is 1. The van der Waals surface area contributed by atoms with Crippen LogP contribution in [0.3, 0.4) is 0 Å². The van der Waals surface area contributed by atoms with Gasteiger partial charge in [0.2, 0.25) is 0 Å². The van der Waals surface area contributed by atoms with E-state index in [-0.39, 0.29) is 0 Å². The molecule has 0 atom stereocenters. The van der Waals surface area contributed by atoms with E-state index >= 15 is 0 Å². The summed E-state index contributed by atoms with van der Waals surface area (Å²) in [6, 6.07) is 0. The molecule has 60 valence electrons. The Morgan fingerprint density at radius 3 is 2.82 bits per heavy atom. The topological polar surface area (TPSA) is 63.8 Å². The van der Waals surface area contributed by atoms with Gasteiger partial charge in [0.05, 0.1) is 0 Å². The monoisotopic (exact) mass is 152 g/mol. The van der Waals surface area contributed by atoms with Crippen molar-refractivity contribution in [3.63, 3.8) is 0 Å². The van der Waals surface area contributed by atoms with E-state index in [2.05, 4.69) is 22.3 Å². The summed E-state index contributed by atoms with van der Waals surface area (Å²) in [4.78, 5) is 8.06. The Kier molecular flexibility index (Phi) is 2.38. The van der Waals surface area contributed by atoms with E-state index in [0.29, 0.717) is 5.82 Å². The highest BCUT2D eigenvalue weighted by atomic mass is 15.3. The van der Waals surface area contributed by atoms with Gasteiger partial charge in [0.25, 0.3) is 0 Å². The summed E-state index contributed by atoms with van der Waals surface area (Å²) in [6.07, 6.45) is 2.42. The predicted octanol–water partition coefficient (Wildman–Crippen LogP) is 0.633. The molecule has 0 aliphatic heterocycles. The zero-order valence-electron chi connectivity index (χ0n) is 6.76. The smallest absolute Gasteiger partial charge is 0.146 e. The highest BCUT2D eigenvalue weighted by Crippen LogP contribution is 2.11. The molecular formula is C7H12N4. The average Bonchev–Trinajstić information content (AvgIpc) is 2.05. The van der Waals surface area contributed by atoms with E-state index in [1.54, 1.807) is 0 Å². The number of nitrogen functional groups attached to an aromatic ring is 1. The molecule has 1 heterocycles. The van der Waals surface area contributed by atoms with Gasteiger partial charge >= 0.3 is 0 Å². The van der Waals surface area contributed by atoms with Crippen LogP contribution in [-0.2, 0) is 6.42 Å². The van der Waals surface area contributed by atoms with Gasteiger partial charge in [0.15, 0.2) is 0 Å². The number of nitrogens with zero attached hydrogens (tertiary/aromatic N) is 2. The molecule has 0 aliphatic rings. The Hall–Kier alpha value is -1.16. The normalized spacial score (nSPS) is 9.73. The second kappa shape index (κ2) is 3.30. The summed E-state index contributed by atoms with van der Waals surface area (Å²) in [5, 5.41) is 0. The molecule has 0 saturated carbocycles. The lowest BCUT2D eigenvalue weighted by Crippen LogP contribution is -2.11. The first-order valence-electron chi connectivity index (χ1n) is 3.56. The first-order valence-corrected chi connectivity index (χ1v) is 3.56. The van der Waals surface area contributed by atoms with Gasteiger partial charge in [-0.1, -0.05) is 6.92 Å². The standard InChI is InChI=1S/C7H12N4/c1-3-6-5(2)7(11-8)10-4-9-6/h4H,3,8H2,1-2H3,(H,9,10,11). The highest BCUT2D eigenvalue weighted by molar-refractivity contribution is 5.43. The molecule has 1 aromatic rings. The van der Waals surface area contributed by atoms with Gasteiger partial charge in [-0.3, -0.25) is 0 Å². The fourth-order valence-electron chi connectivity index (χ4n) is 0.989. The summed E-state index contributed by atoms with van der Waals surface area (Å²) in [5.74, 6) is 5.94. The number of aromatic nitrogens is 2. The van der Waals surface area contributed by atoms with Crippen molar-refractivity contribution in [1.29, 1.82) is 0 Å². The van der Waals surface area contributed by atoms with Gasteiger partial charge in [-0.25, -0.2) is 15.8 Å². The minimum absolute atomic E-state index is 0.705. The van der Waals surface area contributed by atoms with Crippen LogP contribution in [0, 0.1) is 6.92 Å². The minimum atomic E-state index is 0.705. The van der Waals surface area contributed by atoms with Crippen molar-refractivity contribution in [2.45, 2.75) is 20.3 Å². The average molecular weight is 152 g/mol. The Morgan fingerprint density at radius 1 is 1.55 bits per heavy atom. The van der Waals surface area contributed by atoms with Gasteiger partial charge in [-0.2, -0.15) is 0 Å². The minimum Gasteiger partial charge on any atom is -0.308 e. The summed E-state index contributed by atoms with van der Waals surface area (Å²) >= 11 is 0. The molecule has 11 heavy (non-hydrogen) atoms. The molecule has 0 spiro atoms. The van der Waals surface area contributed by atoms with Crippen molar-refractivity contribution in [3.05, 3.63) is 17.6 Å². The molecule has 4 heteroatoms. The molecule has 0 aromatic carbocycles. The van der Waals surface area contributed by atoms with Gasteiger partial charge < -0.3 is 5.43 Å². The third kappa shape index (κ3) is 1.46. The van der Waals surface area contributed by atoms with Gasteiger partial charge in [0.1, 0.15) is 12.1 Å². The number of aryl methyl sites for hydroxylation is 1. The highest BCUT2D eigenvalue weighted by Gasteiger charge is 2.02. The van der Waals surface area contributed by atoms with Crippen molar-refractivity contribution >= 4 is 5.82 Å². The molecule has 3 N–H and O–H groups in total. The first-order chi connectivity index (χ1) is 5.29. The van der Waals surface area contributed by atoms with E-state index in [0.717, 1.165) is 17.7 Å². The lowest BCUT2D eigenvalue weighted by molar-refractivity contribution is 0.967. The van der Waals surface area contributed by atoms with Crippen LogP contribution in [-0.4, -0.2) is 9.97 Å². The Balaban J connectivity index is 3.10. The number of hydrogen-bond donors (Lipinski definition) is 2. The Bertz CT molecular complexity index is 224. The molecule has 0 fully saturated rings. The third-order valence-electron chi connectivity index (χ3n) is 1.66. The largest absolute Gasteiger partial charge is 0.308 e. The number of rotatable bonds is 2. The van der Waals surface area contributed by atoms with Crippen LogP contribution in [0.5, 0.6) is 0 Å². The summed E-state index contributed by atoms with van der Waals surface area (Å²) in [7, 11) is 0. The fraction of sp³-hybridized carbons (Fsp3) is 0.429. The van der Waals surface area contributed by atoms with Gasteiger partial charge in [0, 0.05) is 11.3 Å². The lowest BCUT2D eigenvalue weighted by Gasteiger charge is -2.05. The van der Waals surface area contributed by atoms with Crippen LogP contribution < -0.4 is 11.3 Å². The van der Waals surface area contributed by atoms with Crippen molar-refractivity contribution in [3.8, 4) is 0 Å². The van der Waals surface area contributed by atoms with Crippen LogP contribution in [0.2, 0.25) is 0 Å². The maximum absolute atomic E-state index is 5.23. The van der Waals surface area contributed by atoms with Crippen molar-refractivity contribution in [2.24, 2.45) is 5.84 Å². The third-order valence-corrected chi connectivity index (χ3v) is 1.66. The molecule has 0 unspecified atom stereocenters. The number of nitrogens with two attached hydrogens (primary N) is 1.